The topological polar surface area (TPSA) is 81.6 Å². The molecule has 3 rings (SSSR count). The number of aliphatic hydroxyl groups excluding tert-OH is 2. The van der Waals surface area contributed by atoms with Gasteiger partial charge in [0.25, 0.3) is 0 Å². The summed E-state index contributed by atoms with van der Waals surface area (Å²) in [6, 6.07) is 12.6. The summed E-state index contributed by atoms with van der Waals surface area (Å²) < 4.78 is 13.9. The van der Waals surface area contributed by atoms with E-state index in [0.29, 0.717) is 18.5 Å². The van der Waals surface area contributed by atoms with Crippen molar-refractivity contribution in [3.63, 3.8) is 0 Å². The van der Waals surface area contributed by atoms with Crippen molar-refractivity contribution >= 4 is 18.3 Å². The molecule has 1 saturated heterocycles. The highest BCUT2D eigenvalue weighted by atomic mass is 35.5. The molecule has 0 bridgehead atoms. The van der Waals surface area contributed by atoms with Crippen LogP contribution < -0.4 is 10.6 Å². The largest absolute Gasteiger partial charge is 0.394 e. The molecule has 0 saturated carbocycles. The minimum atomic E-state index is -0.554. The number of benzene rings is 2. The third kappa shape index (κ3) is 4.59. The van der Waals surface area contributed by atoms with Crippen LogP contribution in [0.2, 0.25) is 0 Å². The monoisotopic (exact) mass is 380 g/mol. The van der Waals surface area contributed by atoms with E-state index in [2.05, 4.69) is 10.6 Å². The van der Waals surface area contributed by atoms with Crippen LogP contribution in [0.3, 0.4) is 0 Å². The van der Waals surface area contributed by atoms with Gasteiger partial charge in [-0.05, 0) is 23.6 Å². The first-order valence-electron chi connectivity index (χ1n) is 8.26. The van der Waals surface area contributed by atoms with Gasteiger partial charge in [0.2, 0.25) is 5.91 Å². The predicted molar refractivity (Wildman–Crippen MR) is 99.5 cm³/mol. The molecular weight excluding hydrogens is 359 g/mol. The molecule has 0 aromatic heterocycles. The molecule has 1 aliphatic rings. The van der Waals surface area contributed by atoms with Crippen molar-refractivity contribution in [2.75, 3.05) is 13.2 Å². The fourth-order valence-electron chi connectivity index (χ4n) is 3.01. The number of carbonyl (C=O) groups is 1. The van der Waals surface area contributed by atoms with Gasteiger partial charge < -0.3 is 20.8 Å². The van der Waals surface area contributed by atoms with Crippen molar-refractivity contribution in [3.05, 3.63) is 59.9 Å². The van der Waals surface area contributed by atoms with Gasteiger partial charge in [0.05, 0.1) is 24.8 Å². The highest BCUT2D eigenvalue weighted by molar-refractivity contribution is 5.85. The molecule has 4 N–H and O–H groups in total. The van der Waals surface area contributed by atoms with Crippen molar-refractivity contribution < 1.29 is 19.4 Å². The molecule has 26 heavy (non-hydrogen) atoms. The second kappa shape index (κ2) is 9.09. The molecule has 2 aromatic rings. The van der Waals surface area contributed by atoms with Crippen LogP contribution in [-0.4, -0.2) is 41.4 Å². The lowest BCUT2D eigenvalue weighted by atomic mass is 10.0. The molecule has 1 heterocycles. The SMILES string of the molecule is Cl.O=C(N[C@@H](CO)c1ccc(-c2ccccc2F)cc1)[C@@H]1C[C@@H](O)CN1. The quantitative estimate of drug-likeness (QED) is 0.637. The smallest absolute Gasteiger partial charge is 0.237 e. The van der Waals surface area contributed by atoms with Crippen molar-refractivity contribution in [1.82, 2.24) is 10.6 Å². The normalized spacial score (nSPS) is 20.3. The Morgan fingerprint density at radius 3 is 2.50 bits per heavy atom. The second-order valence-corrected chi connectivity index (χ2v) is 6.20. The Hall–Kier alpha value is -1.99. The summed E-state index contributed by atoms with van der Waals surface area (Å²) in [6.07, 6.45) is -0.167. The van der Waals surface area contributed by atoms with Crippen LogP contribution in [0.25, 0.3) is 11.1 Å². The number of nitrogens with one attached hydrogen (secondary N) is 2. The van der Waals surface area contributed by atoms with E-state index in [-0.39, 0.29) is 30.7 Å². The zero-order chi connectivity index (χ0) is 17.8. The van der Waals surface area contributed by atoms with E-state index in [1.54, 1.807) is 42.5 Å². The maximum Gasteiger partial charge on any atom is 0.237 e. The minimum Gasteiger partial charge on any atom is -0.394 e. The van der Waals surface area contributed by atoms with Crippen LogP contribution in [0.4, 0.5) is 4.39 Å². The van der Waals surface area contributed by atoms with Gasteiger partial charge in [-0.15, -0.1) is 12.4 Å². The van der Waals surface area contributed by atoms with Crippen LogP contribution in [0.5, 0.6) is 0 Å². The van der Waals surface area contributed by atoms with E-state index in [9.17, 15) is 19.4 Å². The number of halogens is 2. The molecule has 0 aliphatic carbocycles. The molecule has 0 radical (unpaired) electrons. The third-order valence-electron chi connectivity index (χ3n) is 4.42. The van der Waals surface area contributed by atoms with Gasteiger partial charge in [-0.25, -0.2) is 4.39 Å². The fraction of sp³-hybridized carbons (Fsp3) is 0.316. The van der Waals surface area contributed by atoms with Gasteiger partial charge in [0, 0.05) is 12.1 Å². The Morgan fingerprint density at radius 2 is 1.92 bits per heavy atom. The average Bonchev–Trinajstić information content (AvgIpc) is 3.07. The Labute approximate surface area is 157 Å². The van der Waals surface area contributed by atoms with Gasteiger partial charge in [-0.3, -0.25) is 4.79 Å². The molecule has 3 atom stereocenters. The van der Waals surface area contributed by atoms with Gasteiger partial charge in [-0.2, -0.15) is 0 Å². The van der Waals surface area contributed by atoms with Crippen LogP contribution in [0.15, 0.2) is 48.5 Å². The summed E-state index contributed by atoms with van der Waals surface area (Å²) in [5, 5.41) is 24.8. The molecule has 1 aliphatic heterocycles. The van der Waals surface area contributed by atoms with Gasteiger partial charge in [0.1, 0.15) is 5.82 Å². The van der Waals surface area contributed by atoms with Crippen molar-refractivity contribution in [2.24, 2.45) is 0 Å². The number of hydrogen-bond donors (Lipinski definition) is 4. The molecule has 1 fully saturated rings. The van der Waals surface area contributed by atoms with Crippen molar-refractivity contribution in [2.45, 2.75) is 24.6 Å². The van der Waals surface area contributed by atoms with Crippen molar-refractivity contribution in [1.29, 1.82) is 0 Å². The zero-order valence-electron chi connectivity index (χ0n) is 14.1. The number of amides is 1. The molecule has 0 spiro atoms. The van der Waals surface area contributed by atoms with Crippen LogP contribution in [-0.2, 0) is 4.79 Å². The first-order chi connectivity index (χ1) is 12.1. The van der Waals surface area contributed by atoms with Crippen LogP contribution in [0.1, 0.15) is 18.0 Å². The molecule has 5 nitrogen and oxygen atoms in total. The van der Waals surface area contributed by atoms with E-state index in [0.717, 1.165) is 11.1 Å². The summed E-state index contributed by atoms with van der Waals surface area (Å²) in [6.45, 7) is 0.138. The molecule has 2 aromatic carbocycles. The van der Waals surface area contributed by atoms with Gasteiger partial charge >= 0.3 is 0 Å². The Kier molecular flexibility index (Phi) is 7.11. The second-order valence-electron chi connectivity index (χ2n) is 6.20. The number of carbonyl (C=O) groups excluding carboxylic acids is 1. The average molecular weight is 381 g/mol. The fourth-order valence-corrected chi connectivity index (χ4v) is 3.01. The maximum absolute atomic E-state index is 13.9. The lowest BCUT2D eigenvalue weighted by Gasteiger charge is -2.20. The highest BCUT2D eigenvalue weighted by Crippen LogP contribution is 2.24. The molecule has 7 heteroatoms. The predicted octanol–water partition coefficient (Wildman–Crippen LogP) is 1.79. The van der Waals surface area contributed by atoms with E-state index < -0.39 is 18.2 Å². The molecular formula is C19H22ClFN2O3. The minimum absolute atomic E-state index is 0. The van der Waals surface area contributed by atoms with E-state index in [1.165, 1.54) is 6.07 Å². The lowest BCUT2D eigenvalue weighted by molar-refractivity contribution is -0.124. The highest BCUT2D eigenvalue weighted by Gasteiger charge is 2.29. The Bertz CT molecular complexity index is 742. The summed E-state index contributed by atoms with van der Waals surface area (Å²) in [5.74, 6) is -0.554. The first kappa shape index (κ1) is 20.3. The number of rotatable bonds is 5. The number of aliphatic hydroxyl groups is 2. The standard InChI is InChI=1S/C19H21FN2O3.ClH/c20-16-4-2-1-3-15(16)12-5-7-13(8-6-12)18(11-23)22-19(25)17-9-14(24)10-21-17;/h1-8,14,17-18,21,23-24H,9-11H2,(H,22,25);1H/t14-,17+,18+;/m1./s1. The summed E-state index contributed by atoms with van der Waals surface area (Å²) in [7, 11) is 0. The lowest BCUT2D eigenvalue weighted by Crippen LogP contribution is -2.42. The summed E-state index contributed by atoms with van der Waals surface area (Å²) >= 11 is 0. The van der Waals surface area contributed by atoms with Crippen molar-refractivity contribution in [3.8, 4) is 11.1 Å². The Balaban J connectivity index is 0.00000243. The number of hydrogen-bond acceptors (Lipinski definition) is 4. The Morgan fingerprint density at radius 1 is 1.23 bits per heavy atom. The molecule has 1 amide bonds. The first-order valence-corrected chi connectivity index (χ1v) is 8.26. The van der Waals surface area contributed by atoms with E-state index in [1.807, 2.05) is 0 Å². The van der Waals surface area contributed by atoms with Crippen LogP contribution in [0, 0.1) is 5.82 Å². The summed E-state index contributed by atoms with van der Waals surface area (Å²) in [5.41, 5.74) is 1.96. The molecule has 140 valence electrons. The van der Waals surface area contributed by atoms with E-state index >= 15 is 0 Å². The van der Waals surface area contributed by atoms with E-state index in [4.69, 9.17) is 0 Å². The third-order valence-corrected chi connectivity index (χ3v) is 4.42. The van der Waals surface area contributed by atoms with Gasteiger partial charge in [-0.1, -0.05) is 42.5 Å². The van der Waals surface area contributed by atoms with Gasteiger partial charge in [0.15, 0.2) is 0 Å². The number of β-amino-alcohol motifs (C(OH)–C–C–N with tert-alkyl or cyclic N) is 1. The van der Waals surface area contributed by atoms with Crippen LogP contribution >= 0.6 is 12.4 Å². The zero-order valence-corrected chi connectivity index (χ0v) is 14.9. The maximum atomic E-state index is 13.9. The summed E-state index contributed by atoms with van der Waals surface area (Å²) in [4.78, 5) is 12.2. The molecule has 0 unspecified atom stereocenters.